The zero-order valence-corrected chi connectivity index (χ0v) is 18.0. The maximum absolute atomic E-state index is 6.60. The average Bonchev–Trinajstić information content (AvgIpc) is 1.63. The Morgan fingerprint density at radius 3 is 0.938 bits per heavy atom. The van der Waals surface area contributed by atoms with Gasteiger partial charge in [-0.25, -0.2) is 0 Å². The van der Waals surface area contributed by atoms with Crippen molar-refractivity contribution >= 4 is 39.6 Å². The molecule has 102 valence electrons. The molecule has 0 aromatic carbocycles. The summed E-state index contributed by atoms with van der Waals surface area (Å²) in [5.41, 5.74) is 2.31. The Kier molecular flexibility index (Phi) is 99.5. The van der Waals surface area contributed by atoms with Gasteiger partial charge in [-0.1, -0.05) is 0 Å². The second-order valence-corrected chi connectivity index (χ2v) is 3.88. The minimum atomic E-state index is -0.0417. The zero-order chi connectivity index (χ0) is 8.78. The first-order chi connectivity index (χ1) is 4.29. The molecule has 0 saturated carbocycles. The molecule has 6 radical (unpaired) electrons. The Morgan fingerprint density at radius 1 is 0.875 bits per heavy atom. The molecule has 0 aliphatic carbocycles. The van der Waals surface area contributed by atoms with Gasteiger partial charge in [0.2, 0.25) is 0 Å². The van der Waals surface area contributed by atoms with E-state index in [-0.39, 0.29) is 79.1 Å². The molecule has 0 heterocycles. The summed E-state index contributed by atoms with van der Waals surface area (Å²) >= 11 is 0. The van der Waals surface area contributed by atoms with Crippen molar-refractivity contribution in [3.8, 4) is 0 Å². The molecule has 2 N–H and O–H groups in total. The molecule has 0 aromatic heterocycles. The van der Waals surface area contributed by atoms with Crippen molar-refractivity contribution in [2.24, 2.45) is 0 Å². The molecule has 0 fully saturated rings. The van der Waals surface area contributed by atoms with E-state index < -0.39 is 0 Å². The summed E-state index contributed by atoms with van der Waals surface area (Å²) in [6.07, 6.45) is 0. The third kappa shape index (κ3) is 174. The Morgan fingerprint density at radius 2 is 0.938 bits per heavy atom. The van der Waals surface area contributed by atoms with Crippen molar-refractivity contribution in [1.29, 1.82) is 0 Å². The smallest absolute Gasteiger partial charge is 0.612 e. The summed E-state index contributed by atoms with van der Waals surface area (Å²) in [6, 6.07) is 0. The second-order valence-electron chi connectivity index (χ2n) is 3.88. The van der Waals surface area contributed by atoms with Crippen molar-refractivity contribution in [3.05, 3.63) is 41.5 Å². The molecule has 0 aromatic rings. The number of rotatable bonds is 0. The summed E-state index contributed by atoms with van der Waals surface area (Å²) in [4.78, 5) is 0. The molecule has 4 heteroatoms. The molecule has 0 amide bonds. The molecule has 2 nitrogen and oxygen atoms in total. The van der Waals surface area contributed by atoms with Crippen LogP contribution in [0.2, 0.25) is 0 Å². The van der Waals surface area contributed by atoms with Crippen molar-refractivity contribution < 1.29 is 4.28 Å². The van der Waals surface area contributed by atoms with E-state index in [2.05, 4.69) is 26.2 Å². The van der Waals surface area contributed by atoms with Crippen LogP contribution in [-0.4, -0.2) is 45.1 Å². The van der Waals surface area contributed by atoms with Crippen LogP contribution in [0.15, 0.2) is 0 Å². The number of hydrogen-bond acceptors (Lipinski definition) is 1. The summed E-state index contributed by atoms with van der Waals surface area (Å²) in [6.45, 7) is 12.1. The summed E-state index contributed by atoms with van der Waals surface area (Å²) in [5.74, 6) is 8.02. The Bertz CT molecular complexity index is 81.1. The van der Waals surface area contributed by atoms with E-state index in [4.69, 9.17) is 5.84 Å². The standard InChI is InChI=1S/C4H11N2.C4H9.4CH3.2Ga/c1-4(2,3)6-5;1-4(2)3;;;;;;/h5-6H,1-3H3;1-3H3;4*1H3;;/q6*-1;;/p+3. The molecule has 0 unspecified atom stereocenters. The Balaban J connectivity index is -0.00000000520. The summed E-state index contributed by atoms with van der Waals surface area (Å²) in [7, 11) is 0. The van der Waals surface area contributed by atoms with Crippen LogP contribution in [-0.2, 0) is 0 Å². The van der Waals surface area contributed by atoms with Gasteiger partial charge in [-0.15, -0.1) is 0 Å². The molecule has 0 aliphatic heterocycles. The third-order valence-corrected chi connectivity index (χ3v) is 0.375. The van der Waals surface area contributed by atoms with Gasteiger partial charge in [0.15, 0.2) is 0 Å². The van der Waals surface area contributed by atoms with Crippen LogP contribution in [0.25, 0.3) is 5.84 Å². The predicted molar refractivity (Wildman–Crippen MR) is 88.0 cm³/mol. The zero-order valence-electron chi connectivity index (χ0n) is 16.2. The minimum Gasteiger partial charge on any atom is -0.612 e. The van der Waals surface area contributed by atoms with Crippen LogP contribution in [0.3, 0.4) is 0 Å². The molecular weight excluding hydrogens is 312 g/mol. The average molecular weight is 347 g/mol. The molecule has 16 heavy (non-hydrogen) atoms. The normalized spacial score (nSPS) is 6.75. The van der Waals surface area contributed by atoms with Crippen molar-refractivity contribution in [3.63, 3.8) is 0 Å². The van der Waals surface area contributed by atoms with Gasteiger partial charge in [0.05, 0.1) is 0 Å². The van der Waals surface area contributed by atoms with E-state index in [0.29, 0.717) is 0 Å². The maximum atomic E-state index is 6.60. The number of nitrogens with one attached hydrogen (secondary N) is 2. The Hall–Kier alpha value is 1.19. The van der Waals surface area contributed by atoms with Gasteiger partial charge in [0, 0.05) is 39.6 Å². The first-order valence-corrected chi connectivity index (χ1v) is 3.50. The van der Waals surface area contributed by atoms with Crippen LogP contribution < -0.4 is 5.43 Å². The van der Waals surface area contributed by atoms with E-state index in [1.807, 2.05) is 20.8 Å². The fourth-order valence-corrected chi connectivity index (χ4v) is 0. The van der Waals surface area contributed by atoms with Crippen LogP contribution in [0.5, 0.6) is 0 Å². The van der Waals surface area contributed by atoms with Gasteiger partial charge in [-0.3, -0.25) is 0 Å². The molecule has 0 aliphatic rings. The molecule has 0 bridgehead atoms. The van der Waals surface area contributed by atoms with E-state index in [9.17, 15) is 0 Å². The quantitative estimate of drug-likeness (QED) is 0.395. The molecule has 0 atom stereocenters. The minimum absolute atomic E-state index is 0. The first kappa shape index (κ1) is 53.3. The van der Waals surface area contributed by atoms with Crippen molar-refractivity contribution in [2.45, 2.75) is 47.1 Å². The number of hydrogen-bond donors (Lipinski definition) is 1. The predicted octanol–water partition coefficient (Wildman–Crippen LogP) is 4.34. The molecule has 0 rings (SSSR count). The van der Waals surface area contributed by atoms with Gasteiger partial charge in [-0.05, 0) is 26.3 Å². The molecule has 0 spiro atoms. The van der Waals surface area contributed by atoms with Gasteiger partial charge in [-0.2, -0.15) is 20.8 Å². The van der Waals surface area contributed by atoms with Crippen molar-refractivity contribution in [1.82, 2.24) is 5.43 Å². The third-order valence-electron chi connectivity index (χ3n) is 0.375. The summed E-state index contributed by atoms with van der Waals surface area (Å²) in [5, 5.41) is 0. The topological polar surface area (TPSA) is 35.8 Å². The van der Waals surface area contributed by atoms with E-state index >= 15 is 0 Å². The van der Waals surface area contributed by atoms with Gasteiger partial charge in [0.25, 0.3) is 0 Å². The van der Waals surface area contributed by atoms with Gasteiger partial charge < -0.3 is 46.9 Å². The van der Waals surface area contributed by atoms with Crippen LogP contribution in [0.4, 0.5) is 0 Å². The monoisotopic (exact) mass is 345 g/mol. The fraction of sp³-hybridized carbons (Fsp3) is 0.583. The van der Waals surface area contributed by atoms with E-state index in [0.717, 1.165) is 0 Å². The van der Waals surface area contributed by atoms with Crippen LogP contribution in [0.1, 0.15) is 45.8 Å². The second kappa shape index (κ2) is 29.8. The maximum Gasteiger partial charge on any atom is 1.00 e. The van der Waals surface area contributed by atoms with Gasteiger partial charge >= 0.3 is 4.28 Å². The SMILES string of the molecule is CC(C)(C)N[NH-].C[C-](C)C.[CH3-].[CH3-].[CH3-].[CH3-].[Ga].[Ga].[H+].[H+].[H+]. The van der Waals surface area contributed by atoms with Crippen LogP contribution >= 0.6 is 0 Å². The van der Waals surface area contributed by atoms with Crippen molar-refractivity contribution in [2.75, 3.05) is 0 Å². The molecular formula is C12H35Ga2N2-3. The van der Waals surface area contributed by atoms with E-state index in [1.54, 1.807) is 0 Å². The first-order valence-electron chi connectivity index (χ1n) is 3.50. The largest absolute Gasteiger partial charge is 1.00 e. The van der Waals surface area contributed by atoms with Gasteiger partial charge in [0.1, 0.15) is 0 Å². The fourth-order valence-electron chi connectivity index (χ4n) is 0. The Labute approximate surface area is 137 Å². The van der Waals surface area contributed by atoms with E-state index in [1.165, 1.54) is 5.92 Å². The van der Waals surface area contributed by atoms with Crippen LogP contribution in [0, 0.1) is 35.6 Å². The molecule has 0 saturated heterocycles. The summed E-state index contributed by atoms with van der Waals surface area (Å²) < 4.78 is 0.